The van der Waals surface area contributed by atoms with Crippen LogP contribution in [0.3, 0.4) is 0 Å². The third-order valence-electron chi connectivity index (χ3n) is 15.7. The van der Waals surface area contributed by atoms with Crippen LogP contribution in [0.5, 0.6) is 11.5 Å². The largest absolute Gasteiger partial charge is 0.494 e. The Kier molecular flexibility index (Phi) is 15.6. The van der Waals surface area contributed by atoms with Gasteiger partial charge in [-0.15, -0.1) is 12.4 Å². The summed E-state index contributed by atoms with van der Waals surface area (Å²) in [5, 5.41) is 2.21. The van der Waals surface area contributed by atoms with Crippen molar-refractivity contribution in [3.8, 4) is 34.5 Å². The van der Waals surface area contributed by atoms with Crippen LogP contribution >= 0.6 is 12.4 Å². The lowest BCUT2D eigenvalue weighted by Crippen LogP contribution is -2.45. The van der Waals surface area contributed by atoms with Gasteiger partial charge in [0.1, 0.15) is 39.4 Å². The first-order valence-electron chi connectivity index (χ1n) is 27.8. The molecule has 0 bridgehead atoms. The minimum Gasteiger partial charge on any atom is -0.494 e. The van der Waals surface area contributed by atoms with Gasteiger partial charge in [0.2, 0.25) is 0 Å². The van der Waals surface area contributed by atoms with E-state index in [1.807, 2.05) is 79.4 Å². The number of amides is 2. The average Bonchev–Trinajstić information content (AvgIpc) is 4.49. The monoisotopic (exact) mass is 1080 g/mol. The number of ether oxygens (including phenoxy) is 3. The molecule has 0 spiro atoms. The fraction of sp³-hybridized carbons (Fsp3) is 0.483. The highest BCUT2D eigenvalue weighted by Crippen LogP contribution is 2.40. The van der Waals surface area contributed by atoms with Crippen LogP contribution < -0.4 is 15.2 Å². The minimum absolute atomic E-state index is 0. The summed E-state index contributed by atoms with van der Waals surface area (Å²) in [7, 11) is 3.29. The molecule has 412 valence electrons. The van der Waals surface area contributed by atoms with E-state index in [1.54, 1.807) is 14.2 Å². The van der Waals surface area contributed by atoms with Gasteiger partial charge in [0.15, 0.2) is 11.6 Å². The zero-order valence-corrected chi connectivity index (χ0v) is 47.0. The Bertz CT molecular complexity index is 3520. The van der Waals surface area contributed by atoms with Crippen molar-refractivity contribution in [3.63, 3.8) is 0 Å². The number of benzene rings is 2. The van der Waals surface area contributed by atoms with E-state index in [9.17, 15) is 14.4 Å². The van der Waals surface area contributed by atoms with Crippen molar-refractivity contribution < 1.29 is 28.6 Å². The number of likely N-dealkylation sites (tertiary alicyclic amines) is 2. The maximum absolute atomic E-state index is 13.8. The molecule has 2 aliphatic heterocycles. The second-order valence-electron chi connectivity index (χ2n) is 22.7. The van der Waals surface area contributed by atoms with Gasteiger partial charge in [-0.1, -0.05) is 0 Å². The maximum atomic E-state index is 13.8. The number of piperidine rings is 2. The molecule has 6 aromatic heterocycles. The van der Waals surface area contributed by atoms with E-state index in [1.165, 1.54) is 25.7 Å². The molecular formula is C60H74ClN11O6. The van der Waals surface area contributed by atoms with E-state index in [2.05, 4.69) is 61.4 Å². The SMILES string of the molecule is CCn1c(-c2cc3cccnc3n2CC2CC2)nc2cc(C(=O)N3CCC[C@@H](CC(=O)OC(C)(C)C)C3)cc(OC)c21.CCn1c(-c2cc3cccnc3n2CC2CC2)nc2cc(C(=O)N3CCC[C@@H](N)C3)cc(OC)c21.Cl. The summed E-state index contributed by atoms with van der Waals surface area (Å²) < 4.78 is 26.2. The van der Waals surface area contributed by atoms with Crippen molar-refractivity contribution >= 4 is 74.3 Å². The van der Waals surface area contributed by atoms with Gasteiger partial charge in [0.05, 0.1) is 43.1 Å². The Morgan fingerprint density at radius 1 is 0.628 bits per heavy atom. The Labute approximate surface area is 461 Å². The van der Waals surface area contributed by atoms with Gasteiger partial charge in [0, 0.05) is 92.7 Å². The number of fused-ring (bicyclic) bond motifs is 4. The van der Waals surface area contributed by atoms with Crippen molar-refractivity contribution in [1.82, 2.24) is 48.0 Å². The molecule has 2 saturated carbocycles. The van der Waals surface area contributed by atoms with Crippen molar-refractivity contribution in [2.24, 2.45) is 23.5 Å². The summed E-state index contributed by atoms with van der Waals surface area (Å²) in [5.74, 6) is 4.17. The number of carbonyl (C=O) groups is 3. The number of methoxy groups -OCH3 is 2. The molecule has 12 rings (SSSR count). The highest BCUT2D eigenvalue weighted by Gasteiger charge is 2.32. The Hall–Kier alpha value is -6.98. The molecule has 2 N–H and O–H groups in total. The van der Waals surface area contributed by atoms with Gasteiger partial charge < -0.3 is 48.0 Å². The lowest BCUT2D eigenvalue weighted by Gasteiger charge is -2.33. The van der Waals surface area contributed by atoms with Gasteiger partial charge in [-0.3, -0.25) is 14.4 Å². The molecule has 2 aromatic carbocycles. The molecule has 8 heterocycles. The van der Waals surface area contributed by atoms with Crippen LogP contribution in [-0.2, 0) is 35.7 Å². The zero-order valence-electron chi connectivity index (χ0n) is 46.2. The fourth-order valence-corrected chi connectivity index (χ4v) is 11.7. The van der Waals surface area contributed by atoms with Crippen LogP contribution in [-0.4, -0.2) is 118 Å². The standard InChI is InChI=1S/C33H41N5O4.C27H32N6O2.ClH/c1-6-37-29-25(35-31(37)26-17-23-10-7-13-34-30(23)38(26)20-21-11-12-21)16-24(18-27(29)41-5)32(40)36-14-8-9-22(19-36)15-28(39)42-33(2,3)4;1-3-32-24-21(12-19(14-23(24)35-2)27(34)31-11-5-7-20(28)16-31)30-26(32)22-13-18-6-4-10-29-25(18)33(22)15-17-8-9-17;/h7,10,13,16-18,21-22H,6,8-9,11-12,14-15,19-20H2,1-5H3;4,6,10,12-14,17,20H,3,5,7-9,11,15-16,28H2,1-2H3;1H/t22-;20-;/m01./s1. The molecule has 2 aliphatic carbocycles. The number of imidazole rings is 2. The van der Waals surface area contributed by atoms with Gasteiger partial charge in [0.25, 0.3) is 11.8 Å². The van der Waals surface area contributed by atoms with Gasteiger partial charge in [-0.25, -0.2) is 19.9 Å². The first-order chi connectivity index (χ1) is 37.2. The van der Waals surface area contributed by atoms with Crippen LogP contribution in [0, 0.1) is 17.8 Å². The topological polar surface area (TPSA) is 183 Å². The number of rotatable bonds is 14. The number of pyridine rings is 2. The van der Waals surface area contributed by atoms with Crippen LogP contribution in [0.25, 0.3) is 67.2 Å². The van der Waals surface area contributed by atoms with Crippen LogP contribution in [0.15, 0.2) is 73.1 Å². The normalized spacial score (nSPS) is 17.8. The van der Waals surface area contributed by atoms with Gasteiger partial charge in [-0.2, -0.15) is 0 Å². The summed E-state index contributed by atoms with van der Waals surface area (Å²) >= 11 is 0. The summed E-state index contributed by atoms with van der Waals surface area (Å²) in [6.07, 6.45) is 12.7. The highest BCUT2D eigenvalue weighted by atomic mass is 35.5. The van der Waals surface area contributed by atoms with Crippen LogP contribution in [0.2, 0.25) is 0 Å². The first-order valence-corrected chi connectivity index (χ1v) is 27.8. The number of esters is 1. The molecule has 18 heteroatoms. The van der Waals surface area contributed by atoms with E-state index in [-0.39, 0.29) is 42.2 Å². The molecule has 4 aliphatic rings. The van der Waals surface area contributed by atoms with Gasteiger partial charge in [-0.05, 0) is 164 Å². The molecule has 0 radical (unpaired) electrons. The number of aryl methyl sites for hydroxylation is 2. The van der Waals surface area contributed by atoms with E-state index in [4.69, 9.17) is 34.9 Å². The number of halogens is 1. The predicted molar refractivity (Wildman–Crippen MR) is 306 cm³/mol. The van der Waals surface area contributed by atoms with Gasteiger partial charge >= 0.3 is 5.97 Å². The molecule has 8 aromatic rings. The third kappa shape index (κ3) is 11.0. The highest BCUT2D eigenvalue weighted by molar-refractivity contribution is 6.01. The summed E-state index contributed by atoms with van der Waals surface area (Å²) in [6.45, 7) is 15.6. The molecule has 4 fully saturated rings. The predicted octanol–water partition coefficient (Wildman–Crippen LogP) is 10.6. The number of carbonyl (C=O) groups excluding carboxylic acids is 3. The second-order valence-corrected chi connectivity index (χ2v) is 22.7. The van der Waals surface area contributed by atoms with Crippen LogP contribution in [0.4, 0.5) is 0 Å². The summed E-state index contributed by atoms with van der Waals surface area (Å²) in [5.41, 5.74) is 14.1. The molecule has 17 nitrogen and oxygen atoms in total. The third-order valence-corrected chi connectivity index (χ3v) is 15.7. The quantitative estimate of drug-likeness (QED) is 0.102. The molecule has 78 heavy (non-hydrogen) atoms. The van der Waals surface area contributed by atoms with E-state index < -0.39 is 5.60 Å². The first kappa shape index (κ1) is 54.4. The van der Waals surface area contributed by atoms with Crippen molar-refractivity contribution in [2.45, 2.75) is 130 Å². The average molecular weight is 1080 g/mol. The molecule has 0 unspecified atom stereocenters. The summed E-state index contributed by atoms with van der Waals surface area (Å²) in [6, 6.07) is 20.0. The molecular weight excluding hydrogens is 1010 g/mol. The number of hydrogen-bond donors (Lipinski definition) is 1. The second kappa shape index (κ2) is 22.4. The number of aromatic nitrogens is 8. The van der Waals surface area contributed by atoms with E-state index in [0.717, 1.165) is 119 Å². The lowest BCUT2D eigenvalue weighted by atomic mass is 9.94. The zero-order chi connectivity index (χ0) is 53.7. The smallest absolute Gasteiger partial charge is 0.306 e. The number of nitrogens with two attached hydrogens (primary N) is 1. The van der Waals surface area contributed by atoms with E-state index in [0.29, 0.717) is 67.1 Å². The Balaban J connectivity index is 0.000000177. The van der Waals surface area contributed by atoms with Crippen molar-refractivity contribution in [1.29, 1.82) is 0 Å². The number of hydrogen-bond acceptors (Lipinski definition) is 11. The lowest BCUT2D eigenvalue weighted by molar-refractivity contribution is -0.156. The number of nitrogens with zero attached hydrogens (tertiary/aromatic N) is 10. The maximum Gasteiger partial charge on any atom is 0.306 e. The molecule has 2 saturated heterocycles. The van der Waals surface area contributed by atoms with Crippen molar-refractivity contribution in [3.05, 3.63) is 84.2 Å². The minimum atomic E-state index is -0.517. The fourth-order valence-electron chi connectivity index (χ4n) is 11.7. The van der Waals surface area contributed by atoms with E-state index >= 15 is 0 Å². The van der Waals surface area contributed by atoms with Crippen LogP contribution in [0.1, 0.15) is 113 Å². The summed E-state index contributed by atoms with van der Waals surface area (Å²) in [4.78, 5) is 62.9. The molecule has 2 atom stereocenters. The Morgan fingerprint density at radius 3 is 1.54 bits per heavy atom. The molecule has 2 amide bonds. The van der Waals surface area contributed by atoms with Crippen molar-refractivity contribution in [2.75, 3.05) is 40.4 Å². The Morgan fingerprint density at radius 2 is 1.10 bits per heavy atom.